The number of aryl methyl sites for hydroxylation is 1. The number of aromatic nitrogens is 8. The van der Waals surface area contributed by atoms with Crippen molar-refractivity contribution in [2.24, 2.45) is 7.05 Å². The number of fused-ring (bicyclic) bond motifs is 2. The van der Waals surface area contributed by atoms with Gasteiger partial charge in [-0.3, -0.25) is 23.9 Å². The Kier molecular flexibility index (Phi) is 10.7. The van der Waals surface area contributed by atoms with Gasteiger partial charge in [-0.15, -0.1) is 5.10 Å². The fraction of sp³-hybridized carbons (Fsp3) is 0.350. The molecule has 0 radical (unpaired) electrons. The number of nitrogens with one attached hydrogen (secondary N) is 1. The smallest absolute Gasteiger partial charge is 0.384 e. The van der Waals surface area contributed by atoms with Gasteiger partial charge in [0, 0.05) is 43.5 Å². The predicted molar refractivity (Wildman–Crippen MR) is 202 cm³/mol. The number of alkyl halides is 5. The van der Waals surface area contributed by atoms with Crippen molar-refractivity contribution < 1.29 is 45.4 Å². The number of carbonyl (C=O) groups excluding carboxylic acids is 2. The van der Waals surface area contributed by atoms with E-state index in [1.165, 1.54) is 69.9 Å². The van der Waals surface area contributed by atoms with Gasteiger partial charge >= 0.3 is 12.7 Å². The molecule has 21 heteroatoms. The van der Waals surface area contributed by atoms with Gasteiger partial charge < -0.3 is 15.3 Å². The summed E-state index contributed by atoms with van der Waals surface area (Å²) >= 11 is 0. The third-order valence-electron chi connectivity index (χ3n) is 10.2. The molecule has 2 N–H and O–H groups in total. The van der Waals surface area contributed by atoms with Crippen LogP contribution in [0.1, 0.15) is 72.7 Å². The van der Waals surface area contributed by atoms with Crippen molar-refractivity contribution in [3.05, 3.63) is 100 Å². The van der Waals surface area contributed by atoms with Crippen LogP contribution in [0.15, 0.2) is 55.0 Å². The summed E-state index contributed by atoms with van der Waals surface area (Å²) in [4.78, 5) is 38.4. The van der Waals surface area contributed by atoms with Gasteiger partial charge in [-0.05, 0) is 81.6 Å². The molecule has 0 unspecified atom stereocenters. The van der Waals surface area contributed by atoms with Crippen LogP contribution in [-0.4, -0.2) is 79.3 Å². The van der Waals surface area contributed by atoms with Gasteiger partial charge in [0.05, 0.1) is 52.0 Å². The minimum absolute atomic E-state index is 0.0141. The summed E-state index contributed by atoms with van der Waals surface area (Å²) in [5, 5.41) is 34.2. The van der Waals surface area contributed by atoms with Gasteiger partial charge in [-0.25, -0.2) is 14.1 Å². The fourth-order valence-electron chi connectivity index (χ4n) is 7.33. The monoisotopic (exact) mass is 851 g/mol. The van der Waals surface area contributed by atoms with Crippen LogP contribution in [0.5, 0.6) is 0 Å². The molecule has 6 heterocycles. The molecule has 318 valence electrons. The molecule has 0 spiro atoms. The lowest BCUT2D eigenvalue weighted by molar-refractivity contribution is -0.141. The molecule has 61 heavy (non-hydrogen) atoms. The van der Waals surface area contributed by atoms with E-state index < -0.39 is 71.2 Å². The van der Waals surface area contributed by atoms with Crippen molar-refractivity contribution in [2.75, 3.05) is 6.54 Å². The summed E-state index contributed by atoms with van der Waals surface area (Å²) in [5.41, 5.74) is -3.62. The second-order valence-electron chi connectivity index (χ2n) is 15.7. The average molecular weight is 852 g/mol. The Morgan fingerprint density at radius 3 is 2.39 bits per heavy atom. The Balaban J connectivity index is 1.23. The molecule has 1 atom stereocenters. The minimum atomic E-state index is -4.85. The first-order valence-electron chi connectivity index (χ1n) is 18.6. The van der Waals surface area contributed by atoms with Crippen LogP contribution in [0.2, 0.25) is 0 Å². The number of aliphatic hydroxyl groups is 1. The first kappa shape index (κ1) is 42.4. The highest BCUT2D eigenvalue weighted by Gasteiger charge is 2.40. The second kappa shape index (κ2) is 15.4. The van der Waals surface area contributed by atoms with Crippen LogP contribution in [0.25, 0.3) is 33.5 Å². The maximum atomic E-state index is 15.8. The second-order valence-corrected chi connectivity index (χ2v) is 15.7. The number of rotatable bonds is 11. The van der Waals surface area contributed by atoms with Crippen LogP contribution in [-0.2, 0) is 43.0 Å². The van der Waals surface area contributed by atoms with Gasteiger partial charge in [0.1, 0.15) is 29.0 Å². The van der Waals surface area contributed by atoms with Crippen molar-refractivity contribution in [3.8, 4) is 28.6 Å². The standard InChI is InChI=1S/C40H36F7N11O3/c1-38(2,19-58-26(14-30(53-58)40(45,46)47)21-6-9-29(49-17-21)39(3,4)61)52-35(59)28(12-20-16-50-57(18-20)37(43)44)56-11-10-23-24(7-8-25(41)31(23)36(56)60)32-22(15-48)13-27-33(51-32)34(42)54-55(27)5/h6-9,13-14,16-18,28,37,61H,10-12,19H2,1-5H3,(H,52,59)/t28-/m1/s1. The van der Waals surface area contributed by atoms with Gasteiger partial charge in [-0.1, -0.05) is 0 Å². The van der Waals surface area contributed by atoms with Crippen molar-refractivity contribution in [3.63, 3.8) is 0 Å². The number of nitriles is 1. The van der Waals surface area contributed by atoms with Crippen LogP contribution in [0.4, 0.5) is 30.7 Å². The molecule has 5 aromatic heterocycles. The zero-order chi connectivity index (χ0) is 44.3. The number of amides is 2. The fourth-order valence-corrected chi connectivity index (χ4v) is 7.33. The normalized spacial score (nSPS) is 14.1. The Bertz CT molecular complexity index is 2730. The van der Waals surface area contributed by atoms with Crippen molar-refractivity contribution in [1.82, 2.24) is 49.5 Å². The van der Waals surface area contributed by atoms with Crippen LogP contribution < -0.4 is 5.32 Å². The lowest BCUT2D eigenvalue weighted by atomic mass is 9.89. The average Bonchev–Trinajstić information content (AvgIpc) is 3.90. The Hall–Kier alpha value is -6.69. The van der Waals surface area contributed by atoms with Gasteiger partial charge in [0.25, 0.3) is 11.9 Å². The summed E-state index contributed by atoms with van der Waals surface area (Å²) in [6.07, 6.45) is -2.01. The molecule has 6 aromatic rings. The van der Waals surface area contributed by atoms with E-state index in [4.69, 9.17) is 0 Å². The summed E-state index contributed by atoms with van der Waals surface area (Å²) in [6, 6.07) is 7.86. The van der Waals surface area contributed by atoms with Gasteiger partial charge in [-0.2, -0.15) is 41.8 Å². The van der Waals surface area contributed by atoms with Crippen LogP contribution >= 0.6 is 0 Å². The molecule has 1 aliphatic heterocycles. The molecule has 7 rings (SSSR count). The van der Waals surface area contributed by atoms with E-state index in [1.54, 1.807) is 0 Å². The van der Waals surface area contributed by atoms with Crippen molar-refractivity contribution in [1.29, 1.82) is 5.26 Å². The lowest BCUT2D eigenvalue weighted by Gasteiger charge is -2.37. The largest absolute Gasteiger partial charge is 0.435 e. The summed E-state index contributed by atoms with van der Waals surface area (Å²) in [7, 11) is 1.46. The number of hydrogen-bond acceptors (Lipinski definition) is 9. The molecule has 1 aliphatic rings. The quantitative estimate of drug-likeness (QED) is 0.147. The van der Waals surface area contributed by atoms with E-state index in [2.05, 4.69) is 30.6 Å². The summed E-state index contributed by atoms with van der Waals surface area (Å²) < 4.78 is 102. The molecule has 14 nitrogen and oxygen atoms in total. The lowest BCUT2D eigenvalue weighted by Crippen LogP contribution is -2.58. The number of pyridine rings is 2. The molecule has 1 aromatic carbocycles. The Labute approximate surface area is 342 Å². The topological polar surface area (TPSA) is 173 Å². The number of benzene rings is 1. The van der Waals surface area contributed by atoms with E-state index in [1.807, 2.05) is 6.07 Å². The van der Waals surface area contributed by atoms with E-state index in [-0.39, 0.29) is 75.4 Å². The molecular weight excluding hydrogens is 815 g/mol. The number of halogens is 7. The maximum absolute atomic E-state index is 15.8. The predicted octanol–water partition coefficient (Wildman–Crippen LogP) is 6.09. The zero-order valence-electron chi connectivity index (χ0n) is 33.1. The summed E-state index contributed by atoms with van der Waals surface area (Å²) in [5.74, 6) is -3.74. The molecule has 0 fully saturated rings. The molecule has 0 bridgehead atoms. The summed E-state index contributed by atoms with van der Waals surface area (Å²) in [6.45, 7) is 2.33. The molecular formula is C40H36F7N11O3. The van der Waals surface area contributed by atoms with Crippen molar-refractivity contribution >= 4 is 22.8 Å². The highest BCUT2D eigenvalue weighted by molar-refractivity contribution is 6.02. The highest BCUT2D eigenvalue weighted by atomic mass is 19.4. The molecule has 0 aliphatic carbocycles. The molecule has 2 amide bonds. The third-order valence-corrected chi connectivity index (χ3v) is 10.2. The maximum Gasteiger partial charge on any atom is 0.435 e. The number of nitrogens with zero attached hydrogens (tertiary/aromatic N) is 10. The van der Waals surface area contributed by atoms with Gasteiger partial charge in [0.2, 0.25) is 5.91 Å². The highest BCUT2D eigenvalue weighted by Crippen LogP contribution is 2.36. The van der Waals surface area contributed by atoms with E-state index in [9.17, 15) is 46.3 Å². The first-order valence-corrected chi connectivity index (χ1v) is 18.6. The van der Waals surface area contributed by atoms with Crippen molar-refractivity contribution in [2.45, 2.75) is 77.0 Å². The molecule has 0 saturated heterocycles. The van der Waals surface area contributed by atoms with Crippen LogP contribution in [0.3, 0.4) is 0 Å². The van der Waals surface area contributed by atoms with E-state index in [0.29, 0.717) is 4.68 Å². The Morgan fingerprint density at radius 2 is 1.77 bits per heavy atom. The zero-order valence-corrected chi connectivity index (χ0v) is 33.1. The third kappa shape index (κ3) is 8.27. The molecule has 0 saturated carbocycles. The Morgan fingerprint density at radius 1 is 1.03 bits per heavy atom. The van der Waals surface area contributed by atoms with Gasteiger partial charge in [0.15, 0.2) is 5.69 Å². The number of hydrogen-bond donors (Lipinski definition) is 2. The minimum Gasteiger partial charge on any atom is -0.384 e. The SMILES string of the molecule is Cn1nc(F)c2nc(-c3ccc(F)c4c3CCN([C@H](Cc3cnn(C(F)F)c3)C(=O)NC(C)(C)Cn3nc(C(F)(F)F)cc3-c3ccc(C(C)(C)O)nc3)C4=O)c(C#N)cc21. The van der Waals surface area contributed by atoms with Crippen LogP contribution in [0, 0.1) is 23.1 Å². The van der Waals surface area contributed by atoms with E-state index >= 15 is 4.39 Å². The first-order chi connectivity index (χ1) is 28.6. The van der Waals surface area contributed by atoms with E-state index in [0.717, 1.165) is 34.1 Å². The number of carbonyl (C=O) groups is 2.